The average molecular weight is 390 g/mol. The second kappa shape index (κ2) is 6.37. The van der Waals surface area contributed by atoms with Crippen molar-refractivity contribution in [3.63, 3.8) is 0 Å². The zero-order chi connectivity index (χ0) is 14.0. The summed E-state index contributed by atoms with van der Waals surface area (Å²) in [6, 6.07) is 6.06. The van der Waals surface area contributed by atoms with Crippen molar-refractivity contribution in [1.82, 2.24) is 4.90 Å². The van der Waals surface area contributed by atoms with Crippen LogP contribution in [0.4, 0.5) is 0 Å². The summed E-state index contributed by atoms with van der Waals surface area (Å²) in [7, 11) is 0. The molecular formula is C14H18Br2N2O. The molecule has 0 spiro atoms. The van der Waals surface area contributed by atoms with Crippen molar-refractivity contribution < 1.29 is 4.79 Å². The minimum Gasteiger partial charge on any atom is -0.332 e. The van der Waals surface area contributed by atoms with Gasteiger partial charge in [0.15, 0.2) is 0 Å². The number of hydrogen-bond acceptors (Lipinski definition) is 2. The fourth-order valence-electron chi connectivity index (χ4n) is 2.69. The number of nitrogens with two attached hydrogens (primary N) is 1. The fourth-order valence-corrected chi connectivity index (χ4v) is 3.90. The molecule has 1 saturated heterocycles. The Hall–Kier alpha value is -0.390. The summed E-state index contributed by atoms with van der Waals surface area (Å²) in [5.74, 6) is 0.0713. The van der Waals surface area contributed by atoms with Gasteiger partial charge >= 0.3 is 0 Å². The van der Waals surface area contributed by atoms with Gasteiger partial charge in [-0.15, -0.1) is 0 Å². The topological polar surface area (TPSA) is 46.3 Å². The molecule has 1 fully saturated rings. The zero-order valence-electron chi connectivity index (χ0n) is 10.9. The van der Waals surface area contributed by atoms with Crippen LogP contribution in [0.15, 0.2) is 27.1 Å². The first-order chi connectivity index (χ1) is 9.04. The van der Waals surface area contributed by atoms with Crippen molar-refractivity contribution >= 4 is 37.8 Å². The van der Waals surface area contributed by atoms with E-state index in [1.54, 1.807) is 0 Å². The maximum atomic E-state index is 12.7. The van der Waals surface area contributed by atoms with Crippen LogP contribution in [0.2, 0.25) is 0 Å². The highest BCUT2D eigenvalue weighted by Gasteiger charge is 2.32. The Labute approximate surface area is 130 Å². The summed E-state index contributed by atoms with van der Waals surface area (Å²) >= 11 is 6.87. The van der Waals surface area contributed by atoms with E-state index >= 15 is 0 Å². The third-order valence-electron chi connectivity index (χ3n) is 3.70. The standard InChI is InChI=1S/C14H18Br2N2O/c1-9-3-2-4-11(8-17)18(9)14(19)12-6-5-10(15)7-13(12)16/h5-7,9,11H,2-4,8,17H2,1H3. The maximum absolute atomic E-state index is 12.7. The largest absolute Gasteiger partial charge is 0.332 e. The smallest absolute Gasteiger partial charge is 0.255 e. The number of carbonyl (C=O) groups is 1. The van der Waals surface area contributed by atoms with Crippen molar-refractivity contribution in [2.24, 2.45) is 5.73 Å². The Morgan fingerprint density at radius 2 is 2.16 bits per heavy atom. The first kappa shape index (κ1) is 15.0. The number of rotatable bonds is 2. The van der Waals surface area contributed by atoms with Crippen LogP contribution in [0.1, 0.15) is 36.5 Å². The van der Waals surface area contributed by atoms with Crippen LogP contribution < -0.4 is 5.73 Å². The molecule has 104 valence electrons. The highest BCUT2D eigenvalue weighted by atomic mass is 79.9. The molecule has 1 aromatic rings. The van der Waals surface area contributed by atoms with Gasteiger partial charge in [-0.25, -0.2) is 0 Å². The van der Waals surface area contributed by atoms with Crippen molar-refractivity contribution in [2.75, 3.05) is 6.54 Å². The maximum Gasteiger partial charge on any atom is 0.255 e. The van der Waals surface area contributed by atoms with Crippen LogP contribution in [0.3, 0.4) is 0 Å². The quantitative estimate of drug-likeness (QED) is 0.840. The van der Waals surface area contributed by atoms with Crippen LogP contribution in [-0.4, -0.2) is 29.4 Å². The minimum absolute atomic E-state index is 0.0713. The van der Waals surface area contributed by atoms with Gasteiger partial charge in [-0.05, 0) is 60.3 Å². The Morgan fingerprint density at radius 1 is 1.42 bits per heavy atom. The first-order valence-electron chi connectivity index (χ1n) is 6.52. The minimum atomic E-state index is 0.0713. The molecule has 0 saturated carbocycles. The highest BCUT2D eigenvalue weighted by molar-refractivity contribution is 9.11. The molecule has 2 rings (SSSR count). The molecule has 1 amide bonds. The summed E-state index contributed by atoms with van der Waals surface area (Å²) in [6.07, 6.45) is 3.20. The van der Waals surface area contributed by atoms with Gasteiger partial charge in [-0.2, -0.15) is 0 Å². The first-order valence-corrected chi connectivity index (χ1v) is 8.11. The zero-order valence-corrected chi connectivity index (χ0v) is 14.1. The van der Waals surface area contributed by atoms with E-state index in [1.165, 1.54) is 0 Å². The second-order valence-corrected chi connectivity index (χ2v) is 6.78. The second-order valence-electron chi connectivity index (χ2n) is 5.01. The van der Waals surface area contributed by atoms with E-state index in [1.807, 2.05) is 23.1 Å². The molecule has 0 bridgehead atoms. The normalized spacial score (nSPS) is 23.5. The van der Waals surface area contributed by atoms with Gasteiger partial charge in [0.05, 0.1) is 5.56 Å². The van der Waals surface area contributed by atoms with Crippen molar-refractivity contribution in [3.8, 4) is 0 Å². The van der Waals surface area contributed by atoms with Gasteiger partial charge in [0.1, 0.15) is 0 Å². The predicted octanol–water partition coefficient (Wildman–Crippen LogP) is 3.55. The fraction of sp³-hybridized carbons (Fsp3) is 0.500. The van der Waals surface area contributed by atoms with Crippen molar-refractivity contribution in [2.45, 2.75) is 38.3 Å². The Bertz CT molecular complexity index is 479. The Balaban J connectivity index is 2.30. The van der Waals surface area contributed by atoms with Gasteiger partial charge in [0.2, 0.25) is 0 Å². The van der Waals surface area contributed by atoms with Crippen LogP contribution >= 0.6 is 31.9 Å². The molecule has 5 heteroatoms. The van der Waals surface area contributed by atoms with Gasteiger partial charge < -0.3 is 10.6 Å². The number of halogens is 2. The molecule has 1 aliphatic heterocycles. The number of hydrogen-bond donors (Lipinski definition) is 1. The molecule has 1 aromatic carbocycles. The van der Waals surface area contributed by atoms with Crippen LogP contribution in [0.25, 0.3) is 0 Å². The van der Waals surface area contributed by atoms with Crippen molar-refractivity contribution in [3.05, 3.63) is 32.7 Å². The van der Waals surface area contributed by atoms with Crippen LogP contribution in [0.5, 0.6) is 0 Å². The van der Waals surface area contributed by atoms with Gasteiger partial charge in [0, 0.05) is 27.6 Å². The molecule has 1 heterocycles. The number of benzene rings is 1. The Kier molecular flexibility index (Phi) is 5.03. The lowest BCUT2D eigenvalue weighted by Crippen LogP contribution is -2.51. The predicted molar refractivity (Wildman–Crippen MR) is 84.2 cm³/mol. The number of amides is 1. The molecule has 0 radical (unpaired) electrons. The van der Waals surface area contributed by atoms with Gasteiger partial charge in [0.25, 0.3) is 5.91 Å². The molecular weight excluding hydrogens is 372 g/mol. The van der Waals surface area contributed by atoms with E-state index < -0.39 is 0 Å². The lowest BCUT2D eigenvalue weighted by molar-refractivity contribution is 0.0493. The third-order valence-corrected chi connectivity index (χ3v) is 4.84. The van der Waals surface area contributed by atoms with E-state index in [4.69, 9.17) is 5.73 Å². The van der Waals surface area contributed by atoms with E-state index in [9.17, 15) is 4.79 Å². The monoisotopic (exact) mass is 388 g/mol. The number of piperidine rings is 1. The van der Waals surface area contributed by atoms with Crippen LogP contribution in [-0.2, 0) is 0 Å². The highest BCUT2D eigenvalue weighted by Crippen LogP contribution is 2.28. The van der Waals surface area contributed by atoms with Crippen molar-refractivity contribution in [1.29, 1.82) is 0 Å². The summed E-state index contributed by atoms with van der Waals surface area (Å²) < 4.78 is 1.78. The summed E-state index contributed by atoms with van der Waals surface area (Å²) in [6.45, 7) is 2.64. The number of nitrogens with zero attached hydrogens (tertiary/aromatic N) is 1. The van der Waals surface area contributed by atoms with E-state index in [-0.39, 0.29) is 18.0 Å². The summed E-state index contributed by atoms with van der Waals surface area (Å²) in [4.78, 5) is 14.7. The van der Waals surface area contributed by atoms with Crippen LogP contribution in [0, 0.1) is 0 Å². The molecule has 0 aromatic heterocycles. The number of carbonyl (C=O) groups excluding carboxylic acids is 1. The third kappa shape index (κ3) is 3.20. The average Bonchev–Trinajstić information content (AvgIpc) is 2.37. The number of likely N-dealkylation sites (tertiary alicyclic amines) is 1. The van der Waals surface area contributed by atoms with E-state index in [2.05, 4.69) is 38.8 Å². The summed E-state index contributed by atoms with van der Waals surface area (Å²) in [5, 5.41) is 0. The van der Waals surface area contributed by atoms with Gasteiger partial charge in [-0.3, -0.25) is 4.79 Å². The lowest BCUT2D eigenvalue weighted by atomic mass is 9.95. The lowest BCUT2D eigenvalue weighted by Gasteiger charge is -2.40. The molecule has 2 atom stereocenters. The molecule has 0 aliphatic carbocycles. The molecule has 2 N–H and O–H groups in total. The molecule has 3 nitrogen and oxygen atoms in total. The summed E-state index contributed by atoms with van der Waals surface area (Å²) in [5.41, 5.74) is 6.52. The molecule has 1 aliphatic rings. The Morgan fingerprint density at radius 3 is 2.79 bits per heavy atom. The van der Waals surface area contributed by atoms with E-state index in [0.717, 1.165) is 28.2 Å². The molecule has 19 heavy (non-hydrogen) atoms. The SMILES string of the molecule is CC1CCCC(CN)N1C(=O)c1ccc(Br)cc1Br. The molecule has 2 unspecified atom stereocenters. The van der Waals surface area contributed by atoms with Gasteiger partial charge in [-0.1, -0.05) is 15.9 Å². The van der Waals surface area contributed by atoms with E-state index in [0.29, 0.717) is 12.1 Å².